The van der Waals surface area contributed by atoms with Crippen molar-refractivity contribution in [2.24, 2.45) is 40.4 Å². The van der Waals surface area contributed by atoms with E-state index in [0.29, 0.717) is 10.8 Å². The lowest BCUT2D eigenvalue weighted by atomic mass is 9.50. The number of hydrogen-bond acceptors (Lipinski definition) is 0. The predicted octanol–water partition coefficient (Wildman–Crippen LogP) is 10.4. The minimum absolute atomic E-state index is 0.493. The molecule has 0 radical (unpaired) electrons. The summed E-state index contributed by atoms with van der Waals surface area (Å²) in [6, 6.07) is 0. The van der Waals surface area contributed by atoms with Gasteiger partial charge in [-0.1, -0.05) is 105 Å². The molecule has 0 N–H and O–H groups in total. The van der Waals surface area contributed by atoms with Crippen molar-refractivity contribution in [1.29, 1.82) is 0 Å². The quantitative estimate of drug-likeness (QED) is 0.382. The molecule has 4 rings (SSSR count). The standard InChI is InChI=1S/C27H44.2C2H6/c1-19(2)8-6-7-9-21-11-13-24-23-12-10-22-18-20(3)14-16-27(22,5)25(23)15-17-26(21,24)4;2*1-2/h10,12,19-21,24-25H,6-9,11,13-18H2,1-5H3;2*1-2H3. The van der Waals surface area contributed by atoms with Gasteiger partial charge in [-0.3, -0.25) is 0 Å². The Morgan fingerprint density at radius 1 is 0.871 bits per heavy atom. The maximum atomic E-state index is 2.68. The van der Waals surface area contributed by atoms with E-state index in [1.54, 1.807) is 5.57 Å². The van der Waals surface area contributed by atoms with Crippen LogP contribution < -0.4 is 0 Å². The molecular weight excluding hydrogens is 372 g/mol. The number of rotatable bonds is 5. The molecule has 0 saturated heterocycles. The summed E-state index contributed by atoms with van der Waals surface area (Å²) in [5.41, 5.74) is 4.77. The fourth-order valence-electron chi connectivity index (χ4n) is 7.71. The SMILES string of the molecule is CC.CC.CC(C)CCCCC1CCC2C3=CC=C4CC(C)CCC4(C)C3CCC12C. The second-order valence-corrected chi connectivity index (χ2v) is 11.7. The third-order valence-corrected chi connectivity index (χ3v) is 9.60. The van der Waals surface area contributed by atoms with Crippen LogP contribution in [0.1, 0.15) is 133 Å². The van der Waals surface area contributed by atoms with Crippen LogP contribution in [0.4, 0.5) is 0 Å². The maximum Gasteiger partial charge on any atom is -0.00474 e. The first kappa shape index (κ1) is 26.7. The van der Waals surface area contributed by atoms with Gasteiger partial charge in [0.05, 0.1) is 0 Å². The molecule has 0 aromatic heterocycles. The molecule has 0 amide bonds. The Bertz CT molecular complexity index is 608. The Labute approximate surface area is 196 Å². The fraction of sp³-hybridized carbons (Fsp3) is 0.871. The molecule has 3 saturated carbocycles. The van der Waals surface area contributed by atoms with E-state index < -0.39 is 0 Å². The van der Waals surface area contributed by atoms with Gasteiger partial charge in [0.1, 0.15) is 0 Å². The Morgan fingerprint density at radius 3 is 2.26 bits per heavy atom. The minimum Gasteiger partial charge on any atom is -0.0683 e. The summed E-state index contributed by atoms with van der Waals surface area (Å²) < 4.78 is 0. The second-order valence-electron chi connectivity index (χ2n) is 11.7. The van der Waals surface area contributed by atoms with Crippen molar-refractivity contribution in [2.45, 2.75) is 133 Å². The van der Waals surface area contributed by atoms with Crippen LogP contribution in [0, 0.1) is 40.4 Å². The highest BCUT2D eigenvalue weighted by Gasteiger charge is 2.55. The lowest BCUT2D eigenvalue weighted by Gasteiger charge is -2.55. The zero-order valence-electron chi connectivity index (χ0n) is 22.8. The summed E-state index contributed by atoms with van der Waals surface area (Å²) >= 11 is 0. The Kier molecular flexibility index (Phi) is 9.97. The molecule has 0 aromatic carbocycles. The molecule has 6 atom stereocenters. The molecule has 0 bridgehead atoms. The first-order valence-electron chi connectivity index (χ1n) is 14.3. The number of unbranched alkanes of at least 4 members (excludes halogenated alkanes) is 1. The smallest absolute Gasteiger partial charge is 0.00474 e. The maximum absolute atomic E-state index is 2.68. The zero-order valence-corrected chi connectivity index (χ0v) is 22.8. The molecule has 0 aliphatic heterocycles. The monoisotopic (exact) mass is 428 g/mol. The molecule has 0 spiro atoms. The number of hydrogen-bond donors (Lipinski definition) is 0. The van der Waals surface area contributed by atoms with Crippen molar-refractivity contribution in [2.75, 3.05) is 0 Å². The second kappa shape index (κ2) is 11.6. The van der Waals surface area contributed by atoms with E-state index in [4.69, 9.17) is 0 Å². The summed E-state index contributed by atoms with van der Waals surface area (Å²) in [7, 11) is 0. The van der Waals surface area contributed by atoms with Crippen LogP contribution in [-0.4, -0.2) is 0 Å². The van der Waals surface area contributed by atoms with Crippen molar-refractivity contribution in [3.8, 4) is 0 Å². The van der Waals surface area contributed by atoms with E-state index in [9.17, 15) is 0 Å². The summed E-state index contributed by atoms with van der Waals surface area (Å²) in [4.78, 5) is 0. The number of allylic oxidation sites excluding steroid dienone is 4. The highest BCUT2D eigenvalue weighted by atomic mass is 14.6. The third-order valence-electron chi connectivity index (χ3n) is 9.60. The van der Waals surface area contributed by atoms with Crippen LogP contribution in [0.25, 0.3) is 0 Å². The highest BCUT2D eigenvalue weighted by Crippen LogP contribution is 2.65. The zero-order chi connectivity index (χ0) is 23.2. The van der Waals surface area contributed by atoms with Gasteiger partial charge in [0.25, 0.3) is 0 Å². The highest BCUT2D eigenvalue weighted by molar-refractivity contribution is 5.38. The van der Waals surface area contributed by atoms with Crippen molar-refractivity contribution in [3.05, 3.63) is 23.3 Å². The van der Waals surface area contributed by atoms with Crippen LogP contribution >= 0.6 is 0 Å². The average molecular weight is 429 g/mol. The molecule has 0 heterocycles. The summed E-state index contributed by atoms with van der Waals surface area (Å²) in [6.45, 7) is 20.5. The summed E-state index contributed by atoms with van der Waals surface area (Å²) in [5.74, 6) is 4.51. The largest absolute Gasteiger partial charge is 0.0683 e. The molecular formula is C31H56. The van der Waals surface area contributed by atoms with Gasteiger partial charge >= 0.3 is 0 Å². The molecule has 4 aliphatic rings. The Morgan fingerprint density at radius 2 is 1.58 bits per heavy atom. The summed E-state index contributed by atoms with van der Waals surface area (Å²) in [5, 5.41) is 0. The first-order valence-corrected chi connectivity index (χ1v) is 14.3. The van der Waals surface area contributed by atoms with E-state index in [-0.39, 0.29) is 0 Å². The van der Waals surface area contributed by atoms with Gasteiger partial charge in [0.15, 0.2) is 0 Å². The normalized spacial score (nSPS) is 38.4. The topological polar surface area (TPSA) is 0 Å². The van der Waals surface area contributed by atoms with E-state index in [2.05, 4.69) is 46.8 Å². The lowest BCUT2D eigenvalue weighted by Crippen LogP contribution is -2.45. The fourth-order valence-corrected chi connectivity index (χ4v) is 7.71. The van der Waals surface area contributed by atoms with Crippen molar-refractivity contribution < 1.29 is 0 Å². The summed E-state index contributed by atoms with van der Waals surface area (Å²) in [6.07, 6.45) is 21.2. The van der Waals surface area contributed by atoms with Gasteiger partial charge in [0, 0.05) is 0 Å². The molecule has 0 heteroatoms. The van der Waals surface area contributed by atoms with Crippen LogP contribution in [0.3, 0.4) is 0 Å². The van der Waals surface area contributed by atoms with Gasteiger partial charge in [-0.05, 0) is 91.8 Å². The van der Waals surface area contributed by atoms with Crippen LogP contribution in [0.5, 0.6) is 0 Å². The molecule has 0 aromatic rings. The molecule has 6 unspecified atom stereocenters. The van der Waals surface area contributed by atoms with Gasteiger partial charge in [-0.15, -0.1) is 0 Å². The van der Waals surface area contributed by atoms with E-state index in [1.807, 2.05) is 33.3 Å². The van der Waals surface area contributed by atoms with Gasteiger partial charge in [-0.25, -0.2) is 0 Å². The predicted molar refractivity (Wildman–Crippen MR) is 140 cm³/mol. The Balaban J connectivity index is 0.000000807. The van der Waals surface area contributed by atoms with E-state index in [0.717, 1.165) is 29.6 Å². The van der Waals surface area contributed by atoms with Crippen molar-refractivity contribution >= 4 is 0 Å². The van der Waals surface area contributed by atoms with Gasteiger partial charge < -0.3 is 0 Å². The molecule has 0 nitrogen and oxygen atoms in total. The van der Waals surface area contributed by atoms with Crippen molar-refractivity contribution in [3.63, 3.8) is 0 Å². The van der Waals surface area contributed by atoms with Crippen LogP contribution in [0.2, 0.25) is 0 Å². The molecule has 3 fully saturated rings. The van der Waals surface area contributed by atoms with Crippen molar-refractivity contribution in [1.82, 2.24) is 0 Å². The van der Waals surface area contributed by atoms with E-state index >= 15 is 0 Å². The lowest BCUT2D eigenvalue weighted by molar-refractivity contribution is 0.0613. The van der Waals surface area contributed by atoms with Crippen LogP contribution in [-0.2, 0) is 0 Å². The van der Waals surface area contributed by atoms with Gasteiger partial charge in [-0.2, -0.15) is 0 Å². The van der Waals surface area contributed by atoms with Gasteiger partial charge in [0.2, 0.25) is 0 Å². The van der Waals surface area contributed by atoms with E-state index in [1.165, 1.54) is 70.6 Å². The minimum atomic E-state index is 0.493. The first-order chi connectivity index (χ1) is 14.8. The Hall–Kier alpha value is -0.520. The number of fused-ring (bicyclic) bond motifs is 5. The molecule has 31 heavy (non-hydrogen) atoms. The molecule has 4 aliphatic carbocycles. The van der Waals surface area contributed by atoms with Crippen LogP contribution in [0.15, 0.2) is 23.3 Å². The third kappa shape index (κ3) is 5.35. The molecule has 180 valence electrons. The average Bonchev–Trinajstić information content (AvgIpc) is 3.11.